The summed E-state index contributed by atoms with van der Waals surface area (Å²) in [6.07, 6.45) is 3.98. The Morgan fingerprint density at radius 2 is 2.06 bits per heavy atom. The maximum atomic E-state index is 5.21. The topological polar surface area (TPSA) is 24.5 Å². The minimum atomic E-state index is 0.581. The van der Waals surface area contributed by atoms with Gasteiger partial charge < -0.3 is 10.1 Å². The van der Waals surface area contributed by atoms with E-state index >= 15 is 0 Å². The molecule has 0 saturated heterocycles. The zero-order valence-electron chi connectivity index (χ0n) is 11.3. The van der Waals surface area contributed by atoms with Gasteiger partial charge in [0.05, 0.1) is 6.61 Å². The van der Waals surface area contributed by atoms with Crippen LogP contribution in [0.1, 0.15) is 40.0 Å². The van der Waals surface area contributed by atoms with Gasteiger partial charge in [-0.3, -0.25) is 4.90 Å². The third-order valence-corrected chi connectivity index (χ3v) is 3.27. The first-order valence-electron chi connectivity index (χ1n) is 6.67. The lowest BCUT2D eigenvalue weighted by Crippen LogP contribution is -2.46. The van der Waals surface area contributed by atoms with E-state index in [4.69, 9.17) is 4.74 Å². The molecule has 3 nitrogen and oxygen atoms in total. The molecule has 1 saturated carbocycles. The van der Waals surface area contributed by atoms with Gasteiger partial charge in [0.15, 0.2) is 0 Å². The van der Waals surface area contributed by atoms with E-state index in [0.29, 0.717) is 12.1 Å². The molecule has 1 aliphatic rings. The van der Waals surface area contributed by atoms with Crippen LogP contribution < -0.4 is 5.32 Å². The fourth-order valence-electron chi connectivity index (χ4n) is 2.13. The summed E-state index contributed by atoms with van der Waals surface area (Å²) in [7, 11) is 1.79. The highest BCUT2D eigenvalue weighted by atomic mass is 16.5. The third-order valence-electron chi connectivity index (χ3n) is 3.27. The highest BCUT2D eigenvalue weighted by molar-refractivity contribution is 4.89. The highest BCUT2D eigenvalue weighted by Gasteiger charge is 2.32. The van der Waals surface area contributed by atoms with Crippen molar-refractivity contribution in [3.63, 3.8) is 0 Å². The number of hydrogen-bond acceptors (Lipinski definition) is 3. The van der Waals surface area contributed by atoms with E-state index in [0.717, 1.165) is 25.7 Å². The molecule has 0 aliphatic heterocycles. The van der Waals surface area contributed by atoms with Crippen LogP contribution in [0.25, 0.3) is 0 Å². The molecule has 16 heavy (non-hydrogen) atoms. The molecule has 0 spiro atoms. The van der Waals surface area contributed by atoms with Crippen LogP contribution in [0.5, 0.6) is 0 Å². The van der Waals surface area contributed by atoms with E-state index < -0.39 is 0 Å². The SMILES string of the molecule is CCC(CNC(C)C)N(CCOC)C1CC1. The molecular weight excluding hydrogens is 200 g/mol. The zero-order valence-corrected chi connectivity index (χ0v) is 11.3. The number of nitrogens with zero attached hydrogens (tertiary/aromatic N) is 1. The first kappa shape index (κ1) is 13.9. The van der Waals surface area contributed by atoms with Gasteiger partial charge in [-0.25, -0.2) is 0 Å². The van der Waals surface area contributed by atoms with E-state index in [-0.39, 0.29) is 0 Å². The van der Waals surface area contributed by atoms with Crippen LogP contribution in [0.15, 0.2) is 0 Å². The van der Waals surface area contributed by atoms with E-state index in [2.05, 4.69) is 31.0 Å². The number of ether oxygens (including phenoxy) is 1. The Hall–Kier alpha value is -0.120. The molecule has 1 aliphatic carbocycles. The van der Waals surface area contributed by atoms with Crippen molar-refractivity contribution in [2.24, 2.45) is 0 Å². The van der Waals surface area contributed by atoms with Crippen molar-refractivity contribution in [2.45, 2.75) is 58.2 Å². The van der Waals surface area contributed by atoms with Gasteiger partial charge in [0, 0.05) is 38.3 Å². The number of methoxy groups -OCH3 is 1. The largest absolute Gasteiger partial charge is 0.383 e. The molecule has 96 valence electrons. The first-order chi connectivity index (χ1) is 7.69. The summed E-state index contributed by atoms with van der Waals surface area (Å²) in [5.41, 5.74) is 0. The van der Waals surface area contributed by atoms with Crippen molar-refractivity contribution < 1.29 is 4.74 Å². The smallest absolute Gasteiger partial charge is 0.0589 e. The van der Waals surface area contributed by atoms with Crippen LogP contribution in [-0.4, -0.2) is 49.8 Å². The van der Waals surface area contributed by atoms with E-state index in [9.17, 15) is 0 Å². The summed E-state index contributed by atoms with van der Waals surface area (Å²) < 4.78 is 5.21. The molecule has 1 unspecified atom stereocenters. The molecule has 0 aromatic carbocycles. The Bertz CT molecular complexity index is 181. The molecule has 1 N–H and O–H groups in total. The van der Waals surface area contributed by atoms with Crippen LogP contribution in [0.3, 0.4) is 0 Å². The number of rotatable bonds is 9. The Morgan fingerprint density at radius 1 is 1.38 bits per heavy atom. The fourth-order valence-corrected chi connectivity index (χ4v) is 2.13. The molecule has 0 bridgehead atoms. The van der Waals surface area contributed by atoms with Gasteiger partial charge >= 0.3 is 0 Å². The third kappa shape index (κ3) is 4.81. The molecule has 0 radical (unpaired) electrons. The van der Waals surface area contributed by atoms with Crippen molar-refractivity contribution in [3.05, 3.63) is 0 Å². The highest BCUT2D eigenvalue weighted by Crippen LogP contribution is 2.29. The number of nitrogens with one attached hydrogen (secondary N) is 1. The Kier molecular flexibility index (Phi) is 6.32. The predicted octanol–water partition coefficient (Wildman–Crippen LogP) is 1.87. The van der Waals surface area contributed by atoms with Crippen LogP contribution in [-0.2, 0) is 4.74 Å². The summed E-state index contributed by atoms with van der Waals surface area (Å²) >= 11 is 0. The lowest BCUT2D eigenvalue weighted by molar-refractivity contribution is 0.109. The molecule has 3 heteroatoms. The Labute approximate surface area is 101 Å². The first-order valence-corrected chi connectivity index (χ1v) is 6.67. The molecule has 0 aromatic rings. The average Bonchev–Trinajstić information content (AvgIpc) is 3.06. The number of hydrogen-bond donors (Lipinski definition) is 1. The lowest BCUT2D eigenvalue weighted by atomic mass is 10.1. The van der Waals surface area contributed by atoms with Crippen LogP contribution in [0.2, 0.25) is 0 Å². The Morgan fingerprint density at radius 3 is 2.50 bits per heavy atom. The van der Waals surface area contributed by atoms with Gasteiger partial charge in [0.25, 0.3) is 0 Å². The van der Waals surface area contributed by atoms with E-state index in [1.54, 1.807) is 7.11 Å². The molecule has 1 atom stereocenters. The predicted molar refractivity (Wildman–Crippen MR) is 68.8 cm³/mol. The summed E-state index contributed by atoms with van der Waals surface area (Å²) in [4.78, 5) is 2.64. The Balaban J connectivity index is 2.38. The molecule has 1 rings (SSSR count). The van der Waals surface area contributed by atoms with E-state index in [1.807, 2.05) is 0 Å². The molecule has 0 amide bonds. The lowest BCUT2D eigenvalue weighted by Gasteiger charge is -2.31. The molecule has 0 heterocycles. The maximum Gasteiger partial charge on any atom is 0.0589 e. The van der Waals surface area contributed by atoms with Crippen LogP contribution in [0, 0.1) is 0 Å². The monoisotopic (exact) mass is 228 g/mol. The van der Waals surface area contributed by atoms with Crippen LogP contribution in [0.4, 0.5) is 0 Å². The quantitative estimate of drug-likeness (QED) is 0.652. The maximum absolute atomic E-state index is 5.21. The van der Waals surface area contributed by atoms with Crippen LogP contribution >= 0.6 is 0 Å². The van der Waals surface area contributed by atoms with Gasteiger partial charge in [-0.2, -0.15) is 0 Å². The van der Waals surface area contributed by atoms with Gasteiger partial charge in [0.1, 0.15) is 0 Å². The molecule has 0 aromatic heterocycles. The minimum absolute atomic E-state index is 0.581. The molecule has 1 fully saturated rings. The summed E-state index contributed by atoms with van der Waals surface area (Å²) in [6.45, 7) is 9.75. The van der Waals surface area contributed by atoms with Crippen molar-refractivity contribution in [1.29, 1.82) is 0 Å². The second-order valence-corrected chi connectivity index (χ2v) is 5.09. The van der Waals surface area contributed by atoms with Crippen molar-refractivity contribution in [2.75, 3.05) is 26.8 Å². The second-order valence-electron chi connectivity index (χ2n) is 5.09. The van der Waals surface area contributed by atoms with E-state index in [1.165, 1.54) is 19.3 Å². The summed E-state index contributed by atoms with van der Waals surface area (Å²) in [5, 5.41) is 3.55. The van der Waals surface area contributed by atoms with Gasteiger partial charge in [0.2, 0.25) is 0 Å². The van der Waals surface area contributed by atoms with Crippen molar-refractivity contribution in [1.82, 2.24) is 10.2 Å². The van der Waals surface area contributed by atoms with Gasteiger partial charge in [-0.15, -0.1) is 0 Å². The second kappa shape index (κ2) is 7.25. The normalized spacial score (nSPS) is 18.4. The van der Waals surface area contributed by atoms with Crippen molar-refractivity contribution >= 4 is 0 Å². The fraction of sp³-hybridized carbons (Fsp3) is 1.00. The molecular formula is C13H28N2O. The standard InChI is InChI=1S/C13H28N2O/c1-5-12(10-14-11(2)3)15(8-9-16-4)13-6-7-13/h11-14H,5-10H2,1-4H3. The van der Waals surface area contributed by atoms with Gasteiger partial charge in [-0.1, -0.05) is 20.8 Å². The minimum Gasteiger partial charge on any atom is -0.383 e. The van der Waals surface area contributed by atoms with Gasteiger partial charge in [-0.05, 0) is 19.3 Å². The average molecular weight is 228 g/mol. The zero-order chi connectivity index (χ0) is 12.0. The summed E-state index contributed by atoms with van der Waals surface area (Å²) in [6, 6.07) is 2.08. The summed E-state index contributed by atoms with van der Waals surface area (Å²) in [5.74, 6) is 0. The van der Waals surface area contributed by atoms with Crippen molar-refractivity contribution in [3.8, 4) is 0 Å².